The molecule has 72 valence electrons. The average Bonchev–Trinajstić information content (AvgIpc) is 1.78. The molecule has 0 aromatic heterocycles. The van der Waals surface area contributed by atoms with Crippen LogP contribution in [0, 0.1) is 0 Å². The van der Waals surface area contributed by atoms with Gasteiger partial charge in [0.25, 0.3) is 0 Å². The van der Waals surface area contributed by atoms with E-state index in [2.05, 4.69) is 24.8 Å². The Kier molecular flexibility index (Phi) is 2.44. The van der Waals surface area contributed by atoms with Gasteiger partial charge in [-0.1, -0.05) is 0 Å². The van der Waals surface area contributed by atoms with Gasteiger partial charge in [-0.05, 0) is 13.8 Å². The minimum Gasteiger partial charge on any atom is -0.575 e. The summed E-state index contributed by atoms with van der Waals surface area (Å²) in [6.45, 7) is 2.90. The van der Waals surface area contributed by atoms with E-state index in [0.29, 0.717) is 0 Å². The van der Waals surface area contributed by atoms with Gasteiger partial charge in [-0.2, -0.15) is 0 Å². The van der Waals surface area contributed by atoms with Crippen LogP contribution in [0.4, 0.5) is 0 Å². The fraction of sp³-hybridized carbons (Fsp3) is 0.429. The Morgan fingerprint density at radius 1 is 1.54 bits per heavy atom. The molecule has 13 heavy (non-hydrogen) atoms. The normalized spacial score (nSPS) is 20.6. The SMILES string of the molecule is CC1(C)OC(=O)C(C(=S)[S-])=C([O-])O1. The Hall–Kier alpha value is -0.880. The third kappa shape index (κ3) is 2.07. The summed E-state index contributed by atoms with van der Waals surface area (Å²) in [5.41, 5.74) is -0.371. The van der Waals surface area contributed by atoms with Gasteiger partial charge < -0.3 is 39.4 Å². The molecule has 1 aliphatic heterocycles. The van der Waals surface area contributed by atoms with E-state index in [-0.39, 0.29) is 9.77 Å². The molecule has 0 fully saturated rings. The van der Waals surface area contributed by atoms with Crippen molar-refractivity contribution in [2.24, 2.45) is 0 Å². The van der Waals surface area contributed by atoms with Crippen molar-refractivity contribution in [1.29, 1.82) is 0 Å². The zero-order chi connectivity index (χ0) is 10.2. The maximum atomic E-state index is 11.1. The summed E-state index contributed by atoms with van der Waals surface area (Å²) in [7, 11) is 0. The highest BCUT2D eigenvalue weighted by atomic mass is 32.1. The first-order valence-corrected chi connectivity index (χ1v) is 4.20. The van der Waals surface area contributed by atoms with Gasteiger partial charge in [0.05, 0.1) is 11.5 Å². The van der Waals surface area contributed by atoms with Crippen molar-refractivity contribution < 1.29 is 19.4 Å². The van der Waals surface area contributed by atoms with E-state index in [1.54, 1.807) is 0 Å². The van der Waals surface area contributed by atoms with E-state index in [1.165, 1.54) is 13.8 Å². The summed E-state index contributed by atoms with van der Waals surface area (Å²) in [6.07, 6.45) is 0. The zero-order valence-corrected chi connectivity index (χ0v) is 8.58. The molecule has 0 atom stereocenters. The lowest BCUT2D eigenvalue weighted by Crippen LogP contribution is -2.41. The minimum absolute atomic E-state index is 0.231. The first-order valence-electron chi connectivity index (χ1n) is 3.38. The number of thiocarbonyl (C=S) groups is 1. The number of ether oxygens (including phenoxy) is 2. The van der Waals surface area contributed by atoms with E-state index in [1.807, 2.05) is 0 Å². The van der Waals surface area contributed by atoms with Crippen LogP contribution in [-0.2, 0) is 26.9 Å². The fourth-order valence-corrected chi connectivity index (χ4v) is 1.15. The lowest BCUT2D eigenvalue weighted by atomic mass is 10.2. The van der Waals surface area contributed by atoms with Crippen LogP contribution in [0.5, 0.6) is 0 Å². The van der Waals surface area contributed by atoms with E-state index in [4.69, 9.17) is 9.47 Å². The van der Waals surface area contributed by atoms with E-state index in [9.17, 15) is 9.90 Å². The Bertz CT molecular complexity index is 306. The molecule has 0 N–H and O–H groups in total. The number of esters is 1. The monoisotopic (exact) mass is 218 g/mol. The highest BCUT2D eigenvalue weighted by molar-refractivity contribution is 8.01. The van der Waals surface area contributed by atoms with Crippen LogP contribution in [0.15, 0.2) is 11.5 Å². The predicted molar refractivity (Wildman–Crippen MR) is 48.2 cm³/mol. The van der Waals surface area contributed by atoms with Gasteiger partial charge in [-0.25, -0.2) is 4.79 Å². The quantitative estimate of drug-likeness (QED) is 0.343. The summed E-state index contributed by atoms with van der Waals surface area (Å²) < 4.78 is 9.26. The second kappa shape index (κ2) is 3.12. The van der Waals surface area contributed by atoms with Gasteiger partial charge in [0, 0.05) is 0 Å². The van der Waals surface area contributed by atoms with Crippen LogP contribution in [0.2, 0.25) is 0 Å². The molecular formula is C7H6O4S2-2. The molecule has 1 heterocycles. The zero-order valence-electron chi connectivity index (χ0n) is 6.95. The largest absolute Gasteiger partial charge is 0.575 e. The number of carbonyl (C=O) groups excluding carboxylic acids is 1. The summed E-state index contributed by atoms with van der Waals surface area (Å²) in [5.74, 6) is -2.87. The van der Waals surface area contributed by atoms with Gasteiger partial charge in [-0.3, -0.25) is 0 Å². The predicted octanol–water partition coefficient (Wildman–Crippen LogP) is -0.258. The van der Waals surface area contributed by atoms with Gasteiger partial charge in [-0.15, -0.1) is 4.20 Å². The molecule has 0 amide bonds. The van der Waals surface area contributed by atoms with Crippen molar-refractivity contribution in [2.75, 3.05) is 0 Å². The third-order valence-electron chi connectivity index (χ3n) is 1.29. The Labute approximate surface area is 85.9 Å². The first kappa shape index (κ1) is 10.2. The van der Waals surface area contributed by atoms with Crippen LogP contribution < -0.4 is 5.11 Å². The lowest BCUT2D eigenvalue weighted by Gasteiger charge is -2.40. The van der Waals surface area contributed by atoms with Crippen molar-refractivity contribution in [1.82, 2.24) is 0 Å². The molecule has 6 heteroatoms. The van der Waals surface area contributed by atoms with Gasteiger partial charge in [0.1, 0.15) is 0 Å². The third-order valence-corrected chi connectivity index (χ3v) is 1.70. The van der Waals surface area contributed by atoms with E-state index in [0.717, 1.165) is 0 Å². The molecule has 0 bridgehead atoms. The lowest BCUT2D eigenvalue weighted by molar-refractivity contribution is -0.393. The Balaban J connectivity index is 3.09. The average molecular weight is 218 g/mol. The molecule has 1 aliphatic rings. The molecule has 1 rings (SSSR count). The van der Waals surface area contributed by atoms with E-state index < -0.39 is 17.7 Å². The van der Waals surface area contributed by atoms with Crippen LogP contribution in [0.25, 0.3) is 0 Å². The molecule has 0 saturated carbocycles. The maximum absolute atomic E-state index is 11.1. The minimum atomic E-state index is -1.24. The highest BCUT2D eigenvalue weighted by Gasteiger charge is 2.28. The maximum Gasteiger partial charge on any atom is 0.340 e. The number of hydrogen-bond donors (Lipinski definition) is 0. The Morgan fingerprint density at radius 2 is 2.08 bits per heavy atom. The summed E-state index contributed by atoms with van der Waals surface area (Å²) in [6, 6.07) is 0. The van der Waals surface area contributed by atoms with Crippen molar-refractivity contribution in [3.05, 3.63) is 11.5 Å². The number of carbonyl (C=O) groups is 1. The molecule has 4 nitrogen and oxygen atoms in total. The second-order valence-corrected chi connectivity index (χ2v) is 3.92. The number of cyclic esters (lactones) is 1. The smallest absolute Gasteiger partial charge is 0.340 e. The number of hydrogen-bond acceptors (Lipinski definition) is 6. The molecule has 0 saturated heterocycles. The van der Waals surface area contributed by atoms with Crippen LogP contribution in [0.3, 0.4) is 0 Å². The molecule has 0 radical (unpaired) electrons. The topological polar surface area (TPSA) is 58.6 Å². The van der Waals surface area contributed by atoms with Crippen molar-refractivity contribution in [3.63, 3.8) is 0 Å². The molecule has 0 unspecified atom stereocenters. The number of rotatable bonds is 1. The van der Waals surface area contributed by atoms with Gasteiger partial charge in [0.15, 0.2) is 5.79 Å². The highest BCUT2D eigenvalue weighted by Crippen LogP contribution is 2.24. The van der Waals surface area contributed by atoms with Gasteiger partial charge >= 0.3 is 5.97 Å². The van der Waals surface area contributed by atoms with Crippen molar-refractivity contribution in [2.45, 2.75) is 19.6 Å². The standard InChI is InChI=1S/C7H8O4S2/c1-7(2)10-4(8)3(6(12)13)5(9)11-7/h8H,1-2H3,(H,12,13)/p-2. The second-order valence-electron chi connectivity index (χ2n) is 2.84. The summed E-state index contributed by atoms with van der Waals surface area (Å²) in [4.78, 5) is 11.1. The van der Waals surface area contributed by atoms with Gasteiger partial charge in [0.2, 0.25) is 0 Å². The van der Waals surface area contributed by atoms with Crippen LogP contribution in [-0.4, -0.2) is 16.0 Å². The van der Waals surface area contributed by atoms with E-state index >= 15 is 0 Å². The fourth-order valence-electron chi connectivity index (χ4n) is 0.819. The summed E-state index contributed by atoms with van der Waals surface area (Å²) in [5, 5.41) is 11.1. The van der Waals surface area contributed by atoms with Crippen LogP contribution in [0.1, 0.15) is 13.8 Å². The molecule has 0 aromatic carbocycles. The molecule has 0 aliphatic carbocycles. The molecule has 0 spiro atoms. The first-order chi connectivity index (χ1) is 5.83. The van der Waals surface area contributed by atoms with Crippen molar-refractivity contribution >= 4 is 35.0 Å². The molecular weight excluding hydrogens is 212 g/mol. The van der Waals surface area contributed by atoms with Crippen molar-refractivity contribution in [3.8, 4) is 0 Å². The Morgan fingerprint density at radius 3 is 2.46 bits per heavy atom. The molecule has 0 aromatic rings. The summed E-state index contributed by atoms with van der Waals surface area (Å²) >= 11 is 9.04. The van der Waals surface area contributed by atoms with Crippen LogP contribution >= 0.6 is 12.2 Å².